The van der Waals surface area contributed by atoms with Crippen molar-refractivity contribution >= 4 is 17.8 Å². The van der Waals surface area contributed by atoms with Gasteiger partial charge in [0.1, 0.15) is 5.60 Å². The van der Waals surface area contributed by atoms with Gasteiger partial charge in [0, 0.05) is 64.6 Å². The predicted octanol–water partition coefficient (Wildman–Crippen LogP) is -0.311. The third-order valence-corrected chi connectivity index (χ3v) is 5.49. The highest BCUT2D eigenvalue weighted by molar-refractivity contribution is 6.07. The van der Waals surface area contributed by atoms with Crippen LogP contribution in [0.4, 0.5) is 0 Å². The molecule has 1 spiro atoms. The van der Waals surface area contributed by atoms with Gasteiger partial charge in [0.25, 0.3) is 5.91 Å². The van der Waals surface area contributed by atoms with Crippen molar-refractivity contribution in [1.29, 1.82) is 0 Å². The third kappa shape index (κ3) is 3.76. The average molecular weight is 365 g/mol. The molecule has 0 aromatic heterocycles. The minimum Gasteiger partial charge on any atom is -0.450 e. The summed E-state index contributed by atoms with van der Waals surface area (Å²) in [6.07, 6.45) is 0.920. The number of likely N-dealkylation sites (tertiary alicyclic amines) is 1. The summed E-state index contributed by atoms with van der Waals surface area (Å²) < 4.78 is 10.9. The van der Waals surface area contributed by atoms with E-state index in [1.54, 1.807) is 11.8 Å². The van der Waals surface area contributed by atoms with Crippen LogP contribution in [0.15, 0.2) is 11.1 Å². The fraction of sp³-hybridized carbons (Fsp3) is 0.722. The predicted molar refractivity (Wildman–Crippen MR) is 93.3 cm³/mol. The van der Waals surface area contributed by atoms with Gasteiger partial charge in [-0.05, 0) is 6.92 Å². The zero-order valence-corrected chi connectivity index (χ0v) is 15.5. The summed E-state index contributed by atoms with van der Waals surface area (Å²) in [4.78, 5) is 40.5. The van der Waals surface area contributed by atoms with E-state index < -0.39 is 11.6 Å². The number of amides is 2. The van der Waals surface area contributed by atoms with E-state index in [4.69, 9.17) is 9.47 Å². The normalized spacial score (nSPS) is 23.3. The molecule has 0 aromatic carbocycles. The molecule has 1 N–H and O–H groups in total. The van der Waals surface area contributed by atoms with Crippen molar-refractivity contribution in [2.75, 3.05) is 52.5 Å². The molecule has 0 unspecified atom stereocenters. The molecule has 2 fully saturated rings. The standard InChI is InChI=1S/C18H27N3O5/c1-13-15(16(23)19-5-8-20-9-11-25-12-10-20)18(26-17(13)24)3-6-21(7-4-18)14(2)22/h3-12H2,1-2H3,(H,19,23). The Morgan fingerprint density at radius 3 is 2.42 bits per heavy atom. The molecule has 3 rings (SSSR count). The van der Waals surface area contributed by atoms with Gasteiger partial charge in [-0.3, -0.25) is 14.5 Å². The summed E-state index contributed by atoms with van der Waals surface area (Å²) in [7, 11) is 0. The quantitative estimate of drug-likeness (QED) is 0.688. The summed E-state index contributed by atoms with van der Waals surface area (Å²) in [5.74, 6) is -0.668. The summed E-state index contributed by atoms with van der Waals surface area (Å²) in [6.45, 7) is 8.58. The second-order valence-electron chi connectivity index (χ2n) is 7.10. The molecule has 3 aliphatic rings. The fourth-order valence-electron chi connectivity index (χ4n) is 3.90. The number of hydrogen-bond donors (Lipinski definition) is 1. The monoisotopic (exact) mass is 365 g/mol. The van der Waals surface area contributed by atoms with Crippen molar-refractivity contribution in [1.82, 2.24) is 15.1 Å². The Morgan fingerprint density at radius 2 is 1.81 bits per heavy atom. The first-order valence-corrected chi connectivity index (χ1v) is 9.21. The first-order chi connectivity index (χ1) is 12.4. The molecule has 0 aliphatic carbocycles. The maximum atomic E-state index is 12.8. The van der Waals surface area contributed by atoms with Gasteiger partial charge in [-0.2, -0.15) is 0 Å². The van der Waals surface area contributed by atoms with Crippen molar-refractivity contribution in [3.8, 4) is 0 Å². The van der Waals surface area contributed by atoms with E-state index in [0.717, 1.165) is 32.8 Å². The molecule has 0 bridgehead atoms. The van der Waals surface area contributed by atoms with Gasteiger partial charge < -0.3 is 19.7 Å². The van der Waals surface area contributed by atoms with E-state index in [9.17, 15) is 14.4 Å². The highest BCUT2D eigenvalue weighted by Crippen LogP contribution is 2.41. The van der Waals surface area contributed by atoms with Crippen LogP contribution in [0.1, 0.15) is 26.7 Å². The molecule has 26 heavy (non-hydrogen) atoms. The second-order valence-corrected chi connectivity index (χ2v) is 7.10. The van der Waals surface area contributed by atoms with E-state index in [-0.39, 0.29) is 11.8 Å². The Bertz CT molecular complexity index is 616. The number of esters is 1. The van der Waals surface area contributed by atoms with Gasteiger partial charge in [0.2, 0.25) is 5.91 Å². The van der Waals surface area contributed by atoms with Crippen molar-refractivity contribution in [2.24, 2.45) is 0 Å². The molecule has 2 amide bonds. The summed E-state index contributed by atoms with van der Waals surface area (Å²) in [5, 5.41) is 2.94. The number of nitrogens with zero attached hydrogens (tertiary/aromatic N) is 2. The minimum absolute atomic E-state index is 0.00128. The lowest BCUT2D eigenvalue weighted by molar-refractivity contribution is -0.152. The molecule has 8 nitrogen and oxygen atoms in total. The minimum atomic E-state index is -0.893. The van der Waals surface area contributed by atoms with E-state index >= 15 is 0 Å². The molecule has 3 aliphatic heterocycles. The van der Waals surface area contributed by atoms with E-state index in [1.165, 1.54) is 6.92 Å². The number of morpholine rings is 1. The van der Waals surface area contributed by atoms with Crippen LogP contribution < -0.4 is 5.32 Å². The average Bonchev–Trinajstić information content (AvgIpc) is 2.86. The van der Waals surface area contributed by atoms with Crippen LogP contribution >= 0.6 is 0 Å². The van der Waals surface area contributed by atoms with Crippen LogP contribution in [0.5, 0.6) is 0 Å². The molecule has 8 heteroatoms. The molecule has 144 valence electrons. The molecule has 3 heterocycles. The van der Waals surface area contributed by atoms with Gasteiger partial charge in [-0.1, -0.05) is 0 Å². The fourth-order valence-corrected chi connectivity index (χ4v) is 3.90. The lowest BCUT2D eigenvalue weighted by Crippen LogP contribution is -2.50. The second kappa shape index (κ2) is 7.75. The molecular weight excluding hydrogens is 338 g/mol. The highest BCUT2D eigenvalue weighted by Gasteiger charge is 2.50. The van der Waals surface area contributed by atoms with Gasteiger partial charge in [0.15, 0.2) is 0 Å². The molecule has 0 atom stereocenters. The van der Waals surface area contributed by atoms with Gasteiger partial charge in [-0.25, -0.2) is 4.79 Å². The van der Waals surface area contributed by atoms with Gasteiger partial charge in [-0.15, -0.1) is 0 Å². The Labute approximate surface area is 153 Å². The molecule has 0 radical (unpaired) electrons. The SMILES string of the molecule is CC(=O)N1CCC2(CC1)OC(=O)C(C)=C2C(=O)NCCN1CCOCC1. The Balaban J connectivity index is 1.62. The van der Waals surface area contributed by atoms with E-state index in [2.05, 4.69) is 10.2 Å². The third-order valence-electron chi connectivity index (χ3n) is 5.49. The first-order valence-electron chi connectivity index (χ1n) is 9.21. The maximum Gasteiger partial charge on any atom is 0.335 e. The number of carbonyl (C=O) groups excluding carboxylic acids is 3. The number of piperidine rings is 1. The lowest BCUT2D eigenvalue weighted by Gasteiger charge is -2.39. The zero-order valence-electron chi connectivity index (χ0n) is 15.5. The summed E-state index contributed by atoms with van der Waals surface area (Å²) in [6, 6.07) is 0. The van der Waals surface area contributed by atoms with Crippen LogP contribution in [0.2, 0.25) is 0 Å². The number of carbonyl (C=O) groups is 3. The Kier molecular flexibility index (Phi) is 5.62. The van der Waals surface area contributed by atoms with Crippen LogP contribution in [0.25, 0.3) is 0 Å². The Morgan fingerprint density at radius 1 is 1.15 bits per heavy atom. The van der Waals surface area contributed by atoms with Crippen LogP contribution in [-0.2, 0) is 23.9 Å². The van der Waals surface area contributed by atoms with Gasteiger partial charge in [0.05, 0.1) is 18.8 Å². The van der Waals surface area contributed by atoms with Crippen molar-refractivity contribution in [2.45, 2.75) is 32.3 Å². The van der Waals surface area contributed by atoms with Crippen LogP contribution in [0.3, 0.4) is 0 Å². The van der Waals surface area contributed by atoms with Crippen molar-refractivity contribution < 1.29 is 23.9 Å². The molecular formula is C18H27N3O5. The largest absolute Gasteiger partial charge is 0.450 e. The molecule has 0 saturated carbocycles. The topological polar surface area (TPSA) is 88.2 Å². The summed E-state index contributed by atoms with van der Waals surface area (Å²) in [5.41, 5.74) is -0.0753. The van der Waals surface area contributed by atoms with Crippen LogP contribution in [-0.4, -0.2) is 85.7 Å². The smallest absolute Gasteiger partial charge is 0.335 e. The van der Waals surface area contributed by atoms with E-state index in [1.807, 2.05) is 0 Å². The Hall–Kier alpha value is -1.93. The summed E-state index contributed by atoms with van der Waals surface area (Å²) >= 11 is 0. The highest BCUT2D eigenvalue weighted by atomic mass is 16.6. The van der Waals surface area contributed by atoms with Crippen molar-refractivity contribution in [3.05, 3.63) is 11.1 Å². The number of ether oxygens (including phenoxy) is 2. The van der Waals surface area contributed by atoms with Crippen LogP contribution in [0, 0.1) is 0 Å². The lowest BCUT2D eigenvalue weighted by atomic mass is 9.82. The number of hydrogen-bond acceptors (Lipinski definition) is 6. The molecule has 2 saturated heterocycles. The number of nitrogens with one attached hydrogen (secondary N) is 1. The molecule has 0 aromatic rings. The maximum absolute atomic E-state index is 12.8. The van der Waals surface area contributed by atoms with Crippen molar-refractivity contribution in [3.63, 3.8) is 0 Å². The zero-order chi connectivity index (χ0) is 18.7. The van der Waals surface area contributed by atoms with Gasteiger partial charge >= 0.3 is 5.97 Å². The van der Waals surface area contributed by atoms with E-state index in [0.29, 0.717) is 43.6 Å². The number of rotatable bonds is 4. The first kappa shape index (κ1) is 18.8.